The summed E-state index contributed by atoms with van der Waals surface area (Å²) < 4.78 is 1.97. The number of benzene rings is 2. The Morgan fingerprint density at radius 2 is 1.14 bits per heavy atom. The number of hydrogen-bond acceptors (Lipinski definition) is 6. The van der Waals surface area contributed by atoms with Gasteiger partial charge in [-0.2, -0.15) is 5.26 Å². The Bertz CT molecular complexity index is 1720. The molecule has 6 aromatic rings. The summed E-state index contributed by atoms with van der Waals surface area (Å²) >= 11 is 0. The molecule has 7 nitrogen and oxygen atoms in total. The molecule has 7 heteroatoms. The Morgan fingerprint density at radius 3 is 1.78 bits per heavy atom. The first-order valence-corrected chi connectivity index (χ1v) is 11.7. The van der Waals surface area contributed by atoms with Gasteiger partial charge < -0.3 is 0 Å². The van der Waals surface area contributed by atoms with Crippen molar-refractivity contribution < 1.29 is 0 Å². The van der Waals surface area contributed by atoms with Crippen LogP contribution in [0, 0.1) is 11.3 Å². The van der Waals surface area contributed by atoms with Crippen LogP contribution in [0.4, 0.5) is 0 Å². The Kier molecular flexibility index (Phi) is 5.74. The fourth-order valence-electron chi connectivity index (χ4n) is 4.09. The van der Waals surface area contributed by atoms with Gasteiger partial charge in [-0.25, -0.2) is 9.97 Å². The minimum atomic E-state index is 0.599. The molecule has 174 valence electrons. The van der Waals surface area contributed by atoms with E-state index in [4.69, 9.17) is 15.2 Å². The highest BCUT2D eigenvalue weighted by molar-refractivity contribution is 5.68. The van der Waals surface area contributed by atoms with Gasteiger partial charge in [0.1, 0.15) is 11.4 Å². The van der Waals surface area contributed by atoms with Crippen LogP contribution in [0.1, 0.15) is 5.56 Å². The molecule has 4 heterocycles. The van der Waals surface area contributed by atoms with Crippen molar-refractivity contribution in [1.29, 1.82) is 5.26 Å². The first kappa shape index (κ1) is 22.0. The lowest BCUT2D eigenvalue weighted by Gasteiger charge is -2.11. The number of rotatable bonds is 5. The molecule has 0 aliphatic heterocycles. The Morgan fingerprint density at radius 1 is 0.541 bits per heavy atom. The van der Waals surface area contributed by atoms with Gasteiger partial charge in [0.2, 0.25) is 0 Å². The van der Waals surface area contributed by atoms with Crippen LogP contribution >= 0.6 is 0 Å². The SMILES string of the molecule is N#Cc1ccc(-c2cccc(-c3nnc(-c4cccc(-c5ccccn5)n4)n3-c3ccccc3)n2)cc1. The van der Waals surface area contributed by atoms with Gasteiger partial charge in [0.25, 0.3) is 0 Å². The van der Waals surface area contributed by atoms with Crippen LogP contribution in [0.2, 0.25) is 0 Å². The number of nitrogens with zero attached hydrogens (tertiary/aromatic N) is 7. The molecule has 0 bridgehead atoms. The van der Waals surface area contributed by atoms with Crippen LogP contribution in [0.15, 0.2) is 115 Å². The lowest BCUT2D eigenvalue weighted by atomic mass is 10.1. The molecule has 0 fully saturated rings. The van der Waals surface area contributed by atoms with Gasteiger partial charge >= 0.3 is 0 Å². The largest absolute Gasteiger partial charge is 0.272 e. The summed E-state index contributed by atoms with van der Waals surface area (Å²) in [5, 5.41) is 18.2. The van der Waals surface area contributed by atoms with Gasteiger partial charge in [-0.1, -0.05) is 48.5 Å². The molecule has 0 amide bonds. The van der Waals surface area contributed by atoms with Gasteiger partial charge in [-0.3, -0.25) is 9.55 Å². The lowest BCUT2D eigenvalue weighted by Crippen LogP contribution is -2.03. The van der Waals surface area contributed by atoms with Crippen molar-refractivity contribution in [2.45, 2.75) is 0 Å². The van der Waals surface area contributed by atoms with Crippen LogP contribution in [0.25, 0.3) is 51.4 Å². The van der Waals surface area contributed by atoms with Gasteiger partial charge in [0.05, 0.1) is 28.7 Å². The summed E-state index contributed by atoms with van der Waals surface area (Å²) in [4.78, 5) is 14.2. The third-order valence-corrected chi connectivity index (χ3v) is 5.87. The molecule has 0 radical (unpaired) electrons. The number of pyridine rings is 3. The Hall–Kier alpha value is -5.48. The van der Waals surface area contributed by atoms with Crippen LogP contribution < -0.4 is 0 Å². The summed E-state index contributed by atoms with van der Waals surface area (Å²) in [6, 6.07) is 36.8. The number of hydrogen-bond donors (Lipinski definition) is 0. The third kappa shape index (κ3) is 4.35. The van der Waals surface area contributed by atoms with Gasteiger partial charge in [0.15, 0.2) is 11.6 Å². The highest BCUT2D eigenvalue weighted by atomic mass is 15.3. The van der Waals surface area contributed by atoms with Crippen molar-refractivity contribution in [3.63, 3.8) is 0 Å². The molecule has 0 saturated heterocycles. The maximum Gasteiger partial charge on any atom is 0.187 e. The zero-order valence-corrected chi connectivity index (χ0v) is 19.6. The molecule has 0 N–H and O–H groups in total. The maximum atomic E-state index is 9.12. The lowest BCUT2D eigenvalue weighted by molar-refractivity contribution is 1.05. The quantitative estimate of drug-likeness (QED) is 0.303. The van der Waals surface area contributed by atoms with Gasteiger partial charge in [0, 0.05) is 17.4 Å². The summed E-state index contributed by atoms with van der Waals surface area (Å²) in [5.74, 6) is 1.20. The van der Waals surface area contributed by atoms with Crippen molar-refractivity contribution in [2.75, 3.05) is 0 Å². The zero-order valence-electron chi connectivity index (χ0n) is 19.6. The van der Waals surface area contributed by atoms with Crippen molar-refractivity contribution in [1.82, 2.24) is 29.7 Å². The maximum absolute atomic E-state index is 9.12. The van der Waals surface area contributed by atoms with Crippen molar-refractivity contribution in [3.05, 3.63) is 121 Å². The summed E-state index contributed by atoms with van der Waals surface area (Å²) in [6.07, 6.45) is 1.75. The number of para-hydroxylation sites is 1. The van der Waals surface area contributed by atoms with E-state index in [1.165, 1.54) is 0 Å². The fourth-order valence-corrected chi connectivity index (χ4v) is 4.09. The van der Waals surface area contributed by atoms with Crippen molar-refractivity contribution >= 4 is 0 Å². The second-order valence-electron chi connectivity index (χ2n) is 8.24. The molecular weight excluding hydrogens is 458 g/mol. The normalized spacial score (nSPS) is 10.7. The second kappa shape index (κ2) is 9.64. The molecule has 0 unspecified atom stereocenters. The molecular formula is C30H19N7. The molecule has 37 heavy (non-hydrogen) atoms. The average Bonchev–Trinajstić information content (AvgIpc) is 3.44. The Labute approximate surface area is 213 Å². The molecule has 0 spiro atoms. The topological polar surface area (TPSA) is 93.2 Å². The van der Waals surface area contributed by atoms with Crippen molar-refractivity contribution in [3.8, 4) is 57.4 Å². The zero-order chi connectivity index (χ0) is 25.0. The summed E-state index contributed by atoms with van der Waals surface area (Å²) in [6.45, 7) is 0. The average molecular weight is 478 g/mol. The van der Waals surface area contributed by atoms with Crippen LogP contribution in [0.5, 0.6) is 0 Å². The summed E-state index contributed by atoms with van der Waals surface area (Å²) in [7, 11) is 0. The molecule has 4 aromatic heterocycles. The van der Waals surface area contributed by atoms with E-state index < -0.39 is 0 Å². The fraction of sp³-hybridized carbons (Fsp3) is 0. The first-order chi connectivity index (χ1) is 18.3. The molecule has 0 aliphatic carbocycles. The van der Waals surface area contributed by atoms with E-state index in [0.717, 1.165) is 28.3 Å². The monoisotopic (exact) mass is 477 g/mol. The minimum Gasteiger partial charge on any atom is -0.272 e. The predicted molar refractivity (Wildman–Crippen MR) is 141 cm³/mol. The van der Waals surface area contributed by atoms with E-state index in [9.17, 15) is 0 Å². The second-order valence-corrected chi connectivity index (χ2v) is 8.24. The smallest absolute Gasteiger partial charge is 0.187 e. The van der Waals surface area contributed by atoms with E-state index in [2.05, 4.69) is 21.3 Å². The van der Waals surface area contributed by atoms with Crippen LogP contribution in [-0.2, 0) is 0 Å². The number of nitriles is 1. The molecule has 0 atom stereocenters. The van der Waals surface area contributed by atoms with Crippen LogP contribution in [-0.4, -0.2) is 29.7 Å². The molecule has 0 aliphatic rings. The Balaban J connectivity index is 1.49. The van der Waals surface area contributed by atoms with Gasteiger partial charge in [-0.15, -0.1) is 10.2 Å². The minimum absolute atomic E-state index is 0.599. The van der Waals surface area contributed by atoms with E-state index in [0.29, 0.717) is 28.6 Å². The van der Waals surface area contributed by atoms with Crippen molar-refractivity contribution in [2.24, 2.45) is 0 Å². The molecule has 0 saturated carbocycles. The van der Waals surface area contributed by atoms with E-state index in [1.807, 2.05) is 102 Å². The first-order valence-electron chi connectivity index (χ1n) is 11.7. The highest BCUT2D eigenvalue weighted by Crippen LogP contribution is 2.29. The predicted octanol–water partition coefficient (Wildman–Crippen LogP) is 5.99. The van der Waals surface area contributed by atoms with Gasteiger partial charge in [-0.05, 0) is 60.7 Å². The molecule has 2 aromatic carbocycles. The van der Waals surface area contributed by atoms with E-state index in [1.54, 1.807) is 18.3 Å². The van der Waals surface area contributed by atoms with E-state index in [-0.39, 0.29) is 0 Å². The highest BCUT2D eigenvalue weighted by Gasteiger charge is 2.20. The number of aromatic nitrogens is 6. The standard InChI is InChI=1S/C30H19N7/c31-20-21-15-17-22(18-16-21)24-11-6-13-27(33-24)29-35-36-30(37(29)23-8-2-1-3-9-23)28-14-7-12-26(34-28)25-10-4-5-19-32-25/h1-19H. The van der Waals surface area contributed by atoms with E-state index >= 15 is 0 Å². The third-order valence-electron chi connectivity index (χ3n) is 5.87. The summed E-state index contributed by atoms with van der Waals surface area (Å²) in [5.41, 5.74) is 6.08. The molecule has 6 rings (SSSR count). The van der Waals surface area contributed by atoms with Crippen LogP contribution in [0.3, 0.4) is 0 Å².